The van der Waals surface area contributed by atoms with E-state index in [4.69, 9.17) is 4.74 Å². The fourth-order valence-corrected chi connectivity index (χ4v) is 5.03. The van der Waals surface area contributed by atoms with Gasteiger partial charge in [0.1, 0.15) is 5.75 Å². The van der Waals surface area contributed by atoms with Gasteiger partial charge in [-0.3, -0.25) is 9.03 Å². The van der Waals surface area contributed by atoms with Crippen molar-refractivity contribution >= 4 is 31.6 Å². The number of nitrogens with one attached hydrogen (secondary N) is 2. The minimum Gasteiger partial charge on any atom is -0.495 e. The molecule has 8 nitrogen and oxygen atoms in total. The smallest absolute Gasteiger partial charge is 0.299 e. The highest BCUT2D eigenvalue weighted by Crippen LogP contribution is 2.33. The standard InChI is InChI=1S/C13H21N3O5S2/c1-10(2)14-23(19,20)15-12-9-11(5-6-13(12)21-3)16-7-4-8-22(16,17)18/h5-6,9-10,14-15H,4,7-8H2,1-3H3. The van der Waals surface area contributed by atoms with Crippen LogP contribution in [0.2, 0.25) is 0 Å². The second kappa shape index (κ2) is 6.54. The van der Waals surface area contributed by atoms with Crippen LogP contribution in [0, 0.1) is 0 Å². The van der Waals surface area contributed by atoms with Gasteiger partial charge in [0.2, 0.25) is 10.0 Å². The van der Waals surface area contributed by atoms with Crippen molar-refractivity contribution < 1.29 is 21.6 Å². The number of ether oxygens (including phenoxy) is 1. The zero-order valence-corrected chi connectivity index (χ0v) is 14.9. The van der Waals surface area contributed by atoms with Crippen LogP contribution in [-0.2, 0) is 20.2 Å². The van der Waals surface area contributed by atoms with Gasteiger partial charge in [0.25, 0.3) is 10.2 Å². The fourth-order valence-electron chi connectivity index (χ4n) is 2.34. The summed E-state index contributed by atoms with van der Waals surface area (Å²) in [5.41, 5.74) is 0.589. The Balaban J connectivity index is 2.37. The number of anilines is 2. The Morgan fingerprint density at radius 1 is 1.30 bits per heavy atom. The van der Waals surface area contributed by atoms with Gasteiger partial charge in [-0.15, -0.1) is 0 Å². The van der Waals surface area contributed by atoms with Gasteiger partial charge in [0, 0.05) is 12.6 Å². The summed E-state index contributed by atoms with van der Waals surface area (Å²) in [6, 6.07) is 4.31. The molecule has 1 saturated heterocycles. The molecule has 0 amide bonds. The Bertz CT molecular complexity index is 775. The maximum Gasteiger partial charge on any atom is 0.299 e. The summed E-state index contributed by atoms with van der Waals surface area (Å²) in [4.78, 5) is 0. The highest BCUT2D eigenvalue weighted by molar-refractivity contribution is 7.93. The van der Waals surface area contributed by atoms with E-state index in [1.165, 1.54) is 23.5 Å². The van der Waals surface area contributed by atoms with Crippen molar-refractivity contribution in [2.75, 3.05) is 28.4 Å². The molecule has 1 heterocycles. The lowest BCUT2D eigenvalue weighted by Crippen LogP contribution is -2.35. The van der Waals surface area contributed by atoms with Crippen LogP contribution in [0.3, 0.4) is 0 Å². The minimum atomic E-state index is -3.78. The van der Waals surface area contributed by atoms with Crippen molar-refractivity contribution in [3.8, 4) is 5.75 Å². The van der Waals surface area contributed by atoms with E-state index in [1.54, 1.807) is 19.9 Å². The van der Waals surface area contributed by atoms with Crippen LogP contribution in [0.25, 0.3) is 0 Å². The third kappa shape index (κ3) is 4.27. The number of nitrogens with zero attached hydrogens (tertiary/aromatic N) is 1. The molecular formula is C13H21N3O5S2. The largest absolute Gasteiger partial charge is 0.495 e. The third-order valence-corrected chi connectivity index (χ3v) is 6.35. The lowest BCUT2D eigenvalue weighted by molar-refractivity contribution is 0.417. The zero-order chi connectivity index (χ0) is 17.3. The highest BCUT2D eigenvalue weighted by Gasteiger charge is 2.29. The van der Waals surface area contributed by atoms with Crippen LogP contribution in [-0.4, -0.2) is 42.3 Å². The summed E-state index contributed by atoms with van der Waals surface area (Å²) in [6.07, 6.45) is 0.546. The van der Waals surface area contributed by atoms with Crippen molar-refractivity contribution in [3.05, 3.63) is 18.2 Å². The zero-order valence-electron chi connectivity index (χ0n) is 13.2. The SMILES string of the molecule is COc1ccc(N2CCCS2(=O)=O)cc1NS(=O)(=O)NC(C)C. The first-order chi connectivity index (χ1) is 10.6. The van der Waals surface area contributed by atoms with Crippen LogP contribution >= 0.6 is 0 Å². The van der Waals surface area contributed by atoms with Crippen LogP contribution in [0.4, 0.5) is 11.4 Å². The van der Waals surface area contributed by atoms with Gasteiger partial charge in [-0.25, -0.2) is 8.42 Å². The quantitative estimate of drug-likeness (QED) is 0.781. The van der Waals surface area contributed by atoms with Gasteiger partial charge in [-0.1, -0.05) is 0 Å². The Morgan fingerprint density at radius 2 is 2.00 bits per heavy atom. The molecule has 0 aliphatic carbocycles. The maximum absolute atomic E-state index is 12.0. The molecule has 2 N–H and O–H groups in total. The van der Waals surface area contributed by atoms with E-state index in [0.717, 1.165) is 0 Å². The first-order valence-electron chi connectivity index (χ1n) is 7.13. The third-order valence-electron chi connectivity index (χ3n) is 3.21. The summed E-state index contributed by atoms with van der Waals surface area (Å²) in [6.45, 7) is 3.78. The van der Waals surface area contributed by atoms with E-state index >= 15 is 0 Å². The van der Waals surface area contributed by atoms with Crippen molar-refractivity contribution in [1.82, 2.24) is 4.72 Å². The molecule has 0 atom stereocenters. The monoisotopic (exact) mass is 363 g/mol. The molecule has 1 aliphatic heterocycles. The van der Waals surface area contributed by atoms with Gasteiger partial charge >= 0.3 is 0 Å². The average molecular weight is 363 g/mol. The van der Waals surface area contributed by atoms with Crippen molar-refractivity contribution in [1.29, 1.82) is 0 Å². The second-order valence-corrected chi connectivity index (χ2v) is 8.96. The van der Waals surface area contributed by atoms with Crippen LogP contribution in [0.15, 0.2) is 18.2 Å². The highest BCUT2D eigenvalue weighted by atomic mass is 32.2. The van der Waals surface area contributed by atoms with E-state index in [1.807, 2.05) is 0 Å². The Kier molecular flexibility index (Phi) is 5.07. The molecule has 0 unspecified atom stereocenters. The predicted octanol–water partition coefficient (Wildman–Crippen LogP) is 0.890. The summed E-state index contributed by atoms with van der Waals surface area (Å²) in [5, 5.41) is 0. The number of sulfonamides is 1. The second-order valence-electron chi connectivity index (χ2n) is 5.50. The van der Waals surface area contributed by atoms with Crippen molar-refractivity contribution in [3.63, 3.8) is 0 Å². The molecule has 0 bridgehead atoms. The van der Waals surface area contributed by atoms with Gasteiger partial charge in [-0.05, 0) is 38.5 Å². The molecule has 10 heteroatoms. The van der Waals surface area contributed by atoms with E-state index in [-0.39, 0.29) is 17.5 Å². The van der Waals surface area contributed by atoms with Gasteiger partial charge in [0.05, 0.1) is 24.2 Å². The van der Waals surface area contributed by atoms with E-state index in [0.29, 0.717) is 24.4 Å². The minimum absolute atomic E-state index is 0.0923. The molecule has 0 aromatic heterocycles. The van der Waals surface area contributed by atoms with E-state index < -0.39 is 20.2 Å². The van der Waals surface area contributed by atoms with Crippen LogP contribution in [0.1, 0.15) is 20.3 Å². The predicted molar refractivity (Wildman–Crippen MR) is 89.6 cm³/mol. The molecule has 1 aromatic rings. The van der Waals surface area contributed by atoms with Gasteiger partial charge in [0.15, 0.2) is 0 Å². The topological polar surface area (TPSA) is 105 Å². The molecular weight excluding hydrogens is 342 g/mol. The Labute approximate surface area is 137 Å². The van der Waals surface area contributed by atoms with Crippen molar-refractivity contribution in [2.24, 2.45) is 0 Å². The molecule has 1 aliphatic rings. The van der Waals surface area contributed by atoms with E-state index in [9.17, 15) is 16.8 Å². The average Bonchev–Trinajstić information content (AvgIpc) is 2.76. The molecule has 1 fully saturated rings. The molecule has 2 rings (SSSR count). The Hall–Kier alpha value is -1.52. The first kappa shape index (κ1) is 17.8. The lowest BCUT2D eigenvalue weighted by atomic mass is 10.2. The van der Waals surface area contributed by atoms with E-state index in [2.05, 4.69) is 9.44 Å². The molecule has 1 aromatic carbocycles. The number of hydrogen-bond acceptors (Lipinski definition) is 5. The van der Waals surface area contributed by atoms with Crippen molar-refractivity contribution in [2.45, 2.75) is 26.3 Å². The van der Waals surface area contributed by atoms with Crippen LogP contribution < -0.4 is 18.5 Å². The molecule has 0 saturated carbocycles. The number of methoxy groups -OCH3 is 1. The molecule has 0 radical (unpaired) electrons. The van der Waals surface area contributed by atoms with Crippen LogP contribution in [0.5, 0.6) is 5.75 Å². The number of benzene rings is 1. The summed E-state index contributed by atoms with van der Waals surface area (Å²) < 4.78 is 59.3. The lowest BCUT2D eigenvalue weighted by Gasteiger charge is -2.20. The first-order valence-corrected chi connectivity index (χ1v) is 10.2. The molecule has 130 valence electrons. The molecule has 23 heavy (non-hydrogen) atoms. The Morgan fingerprint density at radius 3 is 2.52 bits per heavy atom. The summed E-state index contributed by atoms with van der Waals surface area (Å²) in [5.74, 6) is 0.397. The molecule has 0 spiro atoms. The van der Waals surface area contributed by atoms with Gasteiger partial charge in [-0.2, -0.15) is 13.1 Å². The maximum atomic E-state index is 12.0. The summed E-state index contributed by atoms with van der Waals surface area (Å²) in [7, 11) is -5.71. The fraction of sp³-hybridized carbons (Fsp3) is 0.538. The number of hydrogen-bond donors (Lipinski definition) is 2. The van der Waals surface area contributed by atoms with Gasteiger partial charge < -0.3 is 4.74 Å². The number of rotatable bonds is 6. The normalized spacial score (nSPS) is 17.5. The summed E-state index contributed by atoms with van der Waals surface area (Å²) >= 11 is 0.